The lowest BCUT2D eigenvalue weighted by atomic mass is 10.0. The summed E-state index contributed by atoms with van der Waals surface area (Å²) in [6.45, 7) is 3.76. The number of carbonyl (C=O) groups is 1. The Morgan fingerprint density at radius 3 is 2.48 bits per heavy atom. The van der Waals surface area contributed by atoms with Crippen LogP contribution in [0.5, 0.6) is 5.75 Å². The molecule has 0 fully saturated rings. The number of primary sulfonamides is 1. The fourth-order valence-corrected chi connectivity index (χ4v) is 2.69. The number of nitrogens with two attached hydrogens (primary N) is 1. The van der Waals surface area contributed by atoms with Crippen molar-refractivity contribution in [3.63, 3.8) is 0 Å². The molecule has 0 aliphatic heterocycles. The summed E-state index contributed by atoms with van der Waals surface area (Å²) in [6.07, 6.45) is 0. The number of carbonyl (C=O) groups excluding carboxylic acids is 1. The Bertz CT molecular complexity index is 860. The van der Waals surface area contributed by atoms with Gasteiger partial charge in [0.1, 0.15) is 5.75 Å². The van der Waals surface area contributed by atoms with E-state index in [9.17, 15) is 13.2 Å². The van der Waals surface area contributed by atoms with Crippen LogP contribution >= 0.6 is 0 Å². The van der Waals surface area contributed by atoms with E-state index in [4.69, 9.17) is 9.88 Å². The van der Waals surface area contributed by atoms with E-state index < -0.39 is 10.0 Å². The fourth-order valence-electron chi connectivity index (χ4n) is 2.15. The number of anilines is 1. The smallest absolute Gasteiger partial charge is 0.256 e. The van der Waals surface area contributed by atoms with Crippen LogP contribution in [-0.2, 0) is 10.0 Å². The van der Waals surface area contributed by atoms with Crippen LogP contribution in [0, 0.1) is 13.8 Å². The van der Waals surface area contributed by atoms with Crippen LogP contribution in [0.15, 0.2) is 41.3 Å². The number of hydrogen-bond acceptors (Lipinski definition) is 4. The molecule has 0 aromatic heterocycles. The van der Waals surface area contributed by atoms with E-state index in [1.807, 2.05) is 19.9 Å². The van der Waals surface area contributed by atoms with Gasteiger partial charge in [-0.1, -0.05) is 12.1 Å². The molecule has 2 aromatic rings. The number of methoxy groups -OCH3 is 1. The highest BCUT2D eigenvalue weighted by Gasteiger charge is 2.16. The molecule has 3 N–H and O–H groups in total. The number of rotatable bonds is 4. The van der Waals surface area contributed by atoms with Crippen LogP contribution in [0.4, 0.5) is 5.69 Å². The molecule has 23 heavy (non-hydrogen) atoms. The minimum atomic E-state index is -3.87. The Hall–Kier alpha value is -2.38. The van der Waals surface area contributed by atoms with E-state index >= 15 is 0 Å². The number of aryl methyl sites for hydroxylation is 1. The Balaban J connectivity index is 2.42. The van der Waals surface area contributed by atoms with Gasteiger partial charge in [-0.15, -0.1) is 0 Å². The molecule has 0 saturated carbocycles. The van der Waals surface area contributed by atoms with Gasteiger partial charge in [0, 0.05) is 5.56 Å². The molecule has 2 aromatic carbocycles. The van der Waals surface area contributed by atoms with E-state index in [1.54, 1.807) is 12.1 Å². The summed E-state index contributed by atoms with van der Waals surface area (Å²) < 4.78 is 28.1. The van der Waals surface area contributed by atoms with Gasteiger partial charge in [0.15, 0.2) is 0 Å². The molecule has 0 atom stereocenters. The minimum absolute atomic E-state index is 0.102. The summed E-state index contributed by atoms with van der Waals surface area (Å²) in [5, 5.41) is 7.80. The molecule has 2 rings (SSSR count). The van der Waals surface area contributed by atoms with Crippen molar-refractivity contribution in [1.29, 1.82) is 0 Å². The van der Waals surface area contributed by atoms with Gasteiger partial charge in [0.2, 0.25) is 10.0 Å². The van der Waals surface area contributed by atoms with Crippen LogP contribution in [0.3, 0.4) is 0 Å². The molecule has 0 saturated heterocycles. The maximum Gasteiger partial charge on any atom is 0.256 e. The predicted molar refractivity (Wildman–Crippen MR) is 88.2 cm³/mol. The van der Waals surface area contributed by atoms with Gasteiger partial charge in [-0.2, -0.15) is 0 Å². The molecule has 1 amide bonds. The summed E-state index contributed by atoms with van der Waals surface area (Å²) in [4.78, 5) is 12.4. The molecular weight excluding hydrogens is 316 g/mol. The molecule has 0 bridgehead atoms. The average molecular weight is 334 g/mol. The molecule has 0 unspecified atom stereocenters. The monoisotopic (exact) mass is 334 g/mol. The average Bonchev–Trinajstić information content (AvgIpc) is 2.49. The Kier molecular flexibility index (Phi) is 4.72. The maximum absolute atomic E-state index is 12.5. The lowest BCUT2D eigenvalue weighted by Gasteiger charge is -2.13. The number of ether oxygens (including phenoxy) is 1. The van der Waals surface area contributed by atoms with Crippen molar-refractivity contribution >= 4 is 21.6 Å². The third-order valence-electron chi connectivity index (χ3n) is 3.60. The van der Waals surface area contributed by atoms with E-state index in [0.29, 0.717) is 11.3 Å². The number of benzene rings is 2. The van der Waals surface area contributed by atoms with Gasteiger partial charge >= 0.3 is 0 Å². The minimum Gasteiger partial charge on any atom is -0.495 e. The first-order valence-electron chi connectivity index (χ1n) is 6.82. The second kappa shape index (κ2) is 6.39. The van der Waals surface area contributed by atoms with Crippen molar-refractivity contribution in [1.82, 2.24) is 0 Å². The zero-order valence-corrected chi connectivity index (χ0v) is 13.9. The SMILES string of the molecule is COc1ccc(S(N)(=O)=O)cc1NC(=O)c1cccc(C)c1C. The molecule has 6 nitrogen and oxygen atoms in total. The number of hydrogen-bond donors (Lipinski definition) is 2. The number of amides is 1. The second-order valence-electron chi connectivity index (χ2n) is 5.11. The van der Waals surface area contributed by atoms with Crippen molar-refractivity contribution in [2.24, 2.45) is 5.14 Å². The highest BCUT2D eigenvalue weighted by Crippen LogP contribution is 2.28. The lowest BCUT2D eigenvalue weighted by molar-refractivity contribution is 0.102. The third kappa shape index (κ3) is 3.69. The Labute approximate surface area is 135 Å². The van der Waals surface area contributed by atoms with Gasteiger partial charge in [-0.3, -0.25) is 4.79 Å². The highest BCUT2D eigenvalue weighted by atomic mass is 32.2. The van der Waals surface area contributed by atoms with Crippen LogP contribution in [0.1, 0.15) is 21.5 Å². The van der Waals surface area contributed by atoms with Crippen molar-refractivity contribution in [2.45, 2.75) is 18.7 Å². The summed E-state index contributed by atoms with van der Waals surface area (Å²) in [5.41, 5.74) is 2.59. The predicted octanol–water partition coefficient (Wildman–Crippen LogP) is 2.21. The van der Waals surface area contributed by atoms with E-state index in [-0.39, 0.29) is 16.5 Å². The van der Waals surface area contributed by atoms with Crippen LogP contribution in [-0.4, -0.2) is 21.4 Å². The van der Waals surface area contributed by atoms with Gasteiger partial charge in [-0.05, 0) is 49.2 Å². The Morgan fingerprint density at radius 1 is 1.17 bits per heavy atom. The lowest BCUT2D eigenvalue weighted by Crippen LogP contribution is -2.16. The van der Waals surface area contributed by atoms with Crippen molar-refractivity contribution < 1.29 is 17.9 Å². The standard InChI is InChI=1S/C16H18N2O4S/c1-10-5-4-6-13(11(10)2)16(19)18-14-9-12(23(17,20)21)7-8-15(14)22-3/h4-9H,1-3H3,(H,18,19)(H2,17,20,21). The van der Waals surface area contributed by atoms with E-state index in [2.05, 4.69) is 5.32 Å². The van der Waals surface area contributed by atoms with Crippen molar-refractivity contribution in [2.75, 3.05) is 12.4 Å². The quantitative estimate of drug-likeness (QED) is 0.895. The van der Waals surface area contributed by atoms with Gasteiger partial charge in [0.05, 0.1) is 17.7 Å². The first-order valence-corrected chi connectivity index (χ1v) is 8.37. The second-order valence-corrected chi connectivity index (χ2v) is 6.67. The zero-order chi connectivity index (χ0) is 17.2. The maximum atomic E-state index is 12.5. The molecule has 7 heteroatoms. The van der Waals surface area contributed by atoms with Crippen LogP contribution in [0.2, 0.25) is 0 Å². The largest absolute Gasteiger partial charge is 0.495 e. The highest BCUT2D eigenvalue weighted by molar-refractivity contribution is 7.89. The summed E-state index contributed by atoms with van der Waals surface area (Å²) in [6, 6.07) is 9.44. The topological polar surface area (TPSA) is 98.5 Å². The fraction of sp³-hybridized carbons (Fsp3) is 0.188. The van der Waals surface area contributed by atoms with Crippen molar-refractivity contribution in [3.05, 3.63) is 53.1 Å². The zero-order valence-electron chi connectivity index (χ0n) is 13.1. The van der Waals surface area contributed by atoms with E-state index in [0.717, 1.165) is 11.1 Å². The molecular formula is C16H18N2O4S. The number of nitrogens with one attached hydrogen (secondary N) is 1. The molecule has 0 aliphatic carbocycles. The van der Waals surface area contributed by atoms with E-state index in [1.165, 1.54) is 25.3 Å². The van der Waals surface area contributed by atoms with Crippen LogP contribution in [0.25, 0.3) is 0 Å². The first-order chi connectivity index (χ1) is 10.7. The van der Waals surface area contributed by atoms with Gasteiger partial charge in [0.25, 0.3) is 5.91 Å². The third-order valence-corrected chi connectivity index (χ3v) is 4.51. The summed E-state index contributed by atoms with van der Waals surface area (Å²) >= 11 is 0. The van der Waals surface area contributed by atoms with Crippen molar-refractivity contribution in [3.8, 4) is 5.75 Å². The number of sulfonamides is 1. The summed E-state index contributed by atoms with van der Waals surface area (Å²) in [7, 11) is -2.44. The molecule has 122 valence electrons. The van der Waals surface area contributed by atoms with Crippen LogP contribution < -0.4 is 15.2 Å². The summed E-state index contributed by atoms with van der Waals surface area (Å²) in [5.74, 6) is -0.00729. The molecule has 0 radical (unpaired) electrons. The van der Waals surface area contributed by atoms with Gasteiger partial charge in [-0.25, -0.2) is 13.6 Å². The molecule has 0 heterocycles. The molecule has 0 aliphatic rings. The normalized spacial score (nSPS) is 11.1. The van der Waals surface area contributed by atoms with Gasteiger partial charge < -0.3 is 10.1 Å². The Morgan fingerprint density at radius 2 is 1.87 bits per heavy atom. The first kappa shape index (κ1) is 17.0. The molecule has 0 spiro atoms.